The number of fused-ring (bicyclic) bond motifs is 1. The molecule has 3 heterocycles. The second-order valence-corrected chi connectivity index (χ2v) is 5.19. The van der Waals surface area contributed by atoms with E-state index >= 15 is 0 Å². The van der Waals surface area contributed by atoms with E-state index in [4.69, 9.17) is 0 Å². The van der Waals surface area contributed by atoms with Gasteiger partial charge in [0.2, 0.25) is 0 Å². The Morgan fingerprint density at radius 2 is 2.40 bits per heavy atom. The molecule has 0 amide bonds. The van der Waals surface area contributed by atoms with Crippen LogP contribution >= 0.6 is 0 Å². The second-order valence-electron chi connectivity index (χ2n) is 5.19. The molecular weight excluding hydrogens is 256 g/mol. The number of rotatable bonds is 4. The van der Waals surface area contributed by atoms with Crippen molar-refractivity contribution in [3.8, 4) is 0 Å². The molecule has 1 aliphatic heterocycles. The van der Waals surface area contributed by atoms with Gasteiger partial charge in [0.15, 0.2) is 5.65 Å². The highest BCUT2D eigenvalue weighted by Gasteiger charge is 2.17. The average molecular weight is 276 g/mol. The summed E-state index contributed by atoms with van der Waals surface area (Å²) < 4.78 is 1.41. The van der Waals surface area contributed by atoms with Gasteiger partial charge in [0.1, 0.15) is 12.1 Å². The number of nitrogens with zero attached hydrogens (tertiary/aromatic N) is 4. The maximum absolute atomic E-state index is 11.4. The first-order valence-corrected chi connectivity index (χ1v) is 7.19. The summed E-state index contributed by atoms with van der Waals surface area (Å²) in [6, 6.07) is 2.37. The monoisotopic (exact) mass is 276 g/mol. The number of nitrogens with one attached hydrogen (secondary N) is 2. The van der Waals surface area contributed by atoms with Crippen molar-refractivity contribution < 1.29 is 0 Å². The van der Waals surface area contributed by atoms with Gasteiger partial charge in [-0.1, -0.05) is 6.42 Å². The largest absolute Gasteiger partial charge is 0.355 e. The highest BCUT2D eigenvalue weighted by Crippen LogP contribution is 2.15. The molecule has 0 aromatic carbocycles. The van der Waals surface area contributed by atoms with Crippen molar-refractivity contribution in [1.29, 1.82) is 0 Å². The van der Waals surface area contributed by atoms with Crippen LogP contribution in [0, 0.1) is 0 Å². The number of likely N-dealkylation sites (N-methyl/N-ethyl adjacent to an activating group) is 1. The first-order chi connectivity index (χ1) is 9.78. The van der Waals surface area contributed by atoms with E-state index in [1.165, 1.54) is 30.0 Å². The smallest absolute Gasteiger partial charge is 0.348 e. The van der Waals surface area contributed by atoms with E-state index in [-0.39, 0.29) is 5.69 Å². The quantitative estimate of drug-likeness (QED) is 0.844. The van der Waals surface area contributed by atoms with Crippen molar-refractivity contribution in [1.82, 2.24) is 24.9 Å². The van der Waals surface area contributed by atoms with Gasteiger partial charge in [0.05, 0.1) is 0 Å². The molecule has 0 aliphatic carbocycles. The van der Waals surface area contributed by atoms with E-state index < -0.39 is 0 Å². The molecule has 7 nitrogen and oxygen atoms in total. The zero-order chi connectivity index (χ0) is 13.9. The topological polar surface area (TPSA) is 78.3 Å². The molecule has 1 aliphatic rings. The molecule has 0 bridgehead atoms. The molecule has 20 heavy (non-hydrogen) atoms. The van der Waals surface area contributed by atoms with Gasteiger partial charge in [-0.2, -0.15) is 5.10 Å². The van der Waals surface area contributed by atoms with Gasteiger partial charge in [0, 0.05) is 25.2 Å². The fourth-order valence-electron chi connectivity index (χ4n) is 2.70. The van der Waals surface area contributed by atoms with E-state index in [2.05, 4.69) is 32.3 Å². The molecule has 1 fully saturated rings. The van der Waals surface area contributed by atoms with Crippen molar-refractivity contribution in [3.63, 3.8) is 0 Å². The maximum Gasteiger partial charge on any atom is 0.348 e. The summed E-state index contributed by atoms with van der Waals surface area (Å²) in [5.74, 6) is 0.867. The summed E-state index contributed by atoms with van der Waals surface area (Å²) in [7, 11) is 0. The minimum atomic E-state index is -0.254. The summed E-state index contributed by atoms with van der Waals surface area (Å²) in [5.41, 5.74) is 0.353. The lowest BCUT2D eigenvalue weighted by atomic mass is 10.0. The Hall–Kier alpha value is -1.89. The highest BCUT2D eigenvalue weighted by atomic mass is 16.1. The molecule has 1 unspecified atom stereocenters. The van der Waals surface area contributed by atoms with E-state index in [0.717, 1.165) is 25.5 Å². The molecule has 1 saturated heterocycles. The van der Waals surface area contributed by atoms with Gasteiger partial charge < -0.3 is 10.2 Å². The number of hydrogen-bond donors (Lipinski definition) is 2. The van der Waals surface area contributed by atoms with Gasteiger partial charge in [-0.25, -0.2) is 19.3 Å². The van der Waals surface area contributed by atoms with E-state index in [1.54, 1.807) is 0 Å². The molecule has 0 spiro atoms. The van der Waals surface area contributed by atoms with Gasteiger partial charge in [-0.05, 0) is 26.3 Å². The van der Waals surface area contributed by atoms with Crippen molar-refractivity contribution in [2.24, 2.45) is 0 Å². The third-order valence-electron chi connectivity index (χ3n) is 3.85. The second kappa shape index (κ2) is 5.62. The summed E-state index contributed by atoms with van der Waals surface area (Å²) in [4.78, 5) is 18.0. The Kier molecular flexibility index (Phi) is 3.68. The van der Waals surface area contributed by atoms with Gasteiger partial charge in [-0.15, -0.1) is 0 Å². The van der Waals surface area contributed by atoms with Crippen LogP contribution in [0.4, 0.5) is 5.82 Å². The molecule has 2 aromatic rings. The fraction of sp³-hybridized carbons (Fsp3) is 0.615. The van der Waals surface area contributed by atoms with Crippen LogP contribution in [-0.2, 0) is 0 Å². The fourth-order valence-corrected chi connectivity index (χ4v) is 2.70. The van der Waals surface area contributed by atoms with Gasteiger partial charge in [-0.3, -0.25) is 0 Å². The van der Waals surface area contributed by atoms with E-state index in [1.807, 2.05) is 6.07 Å². The number of piperidine rings is 1. The molecule has 7 heteroatoms. The third kappa shape index (κ3) is 2.53. The molecular formula is C13H20N6O. The molecule has 108 valence electrons. The number of hydrogen-bond acceptors (Lipinski definition) is 5. The molecule has 0 saturated carbocycles. The van der Waals surface area contributed by atoms with Crippen molar-refractivity contribution in [2.45, 2.75) is 32.2 Å². The standard InChI is InChI=1S/C13H20N6O/c1-2-18(8-10-5-3-4-6-14-10)11-7-12-16-17-13(20)19(12)9-15-11/h7,9-10,14H,2-6,8H2,1H3,(H,17,20). The van der Waals surface area contributed by atoms with Crippen molar-refractivity contribution in [2.75, 3.05) is 24.5 Å². The zero-order valence-corrected chi connectivity index (χ0v) is 11.7. The van der Waals surface area contributed by atoms with Crippen LogP contribution < -0.4 is 15.9 Å². The summed E-state index contributed by atoms with van der Waals surface area (Å²) in [5, 5.41) is 9.96. The van der Waals surface area contributed by atoms with Gasteiger partial charge >= 0.3 is 5.69 Å². The number of H-pyrrole nitrogens is 1. The zero-order valence-electron chi connectivity index (χ0n) is 11.7. The summed E-state index contributed by atoms with van der Waals surface area (Å²) in [6.07, 6.45) is 5.30. The molecule has 3 rings (SSSR count). The maximum atomic E-state index is 11.4. The Morgan fingerprint density at radius 3 is 3.15 bits per heavy atom. The molecule has 2 N–H and O–H groups in total. The lowest BCUT2D eigenvalue weighted by Crippen LogP contribution is -2.44. The van der Waals surface area contributed by atoms with E-state index in [0.29, 0.717) is 11.7 Å². The van der Waals surface area contributed by atoms with Crippen LogP contribution in [0.15, 0.2) is 17.2 Å². The predicted molar refractivity (Wildman–Crippen MR) is 77.1 cm³/mol. The normalized spacial score (nSPS) is 19.4. The minimum absolute atomic E-state index is 0.254. The Balaban J connectivity index is 1.80. The van der Waals surface area contributed by atoms with Crippen LogP contribution in [0.5, 0.6) is 0 Å². The lowest BCUT2D eigenvalue weighted by molar-refractivity contribution is 0.399. The summed E-state index contributed by atoms with van der Waals surface area (Å²) in [6.45, 7) is 5.04. The third-order valence-corrected chi connectivity index (χ3v) is 3.85. The van der Waals surface area contributed by atoms with Crippen molar-refractivity contribution in [3.05, 3.63) is 22.9 Å². The van der Waals surface area contributed by atoms with Gasteiger partial charge in [0.25, 0.3) is 0 Å². The number of anilines is 1. The van der Waals surface area contributed by atoms with Crippen LogP contribution in [0.25, 0.3) is 5.65 Å². The predicted octanol–water partition coefficient (Wildman–Crippen LogP) is 0.386. The molecule has 2 aromatic heterocycles. The Labute approximate surface area is 117 Å². The number of aromatic nitrogens is 4. The first-order valence-electron chi connectivity index (χ1n) is 7.19. The molecule has 0 radical (unpaired) electrons. The van der Waals surface area contributed by atoms with Crippen molar-refractivity contribution >= 4 is 11.5 Å². The SMILES string of the molecule is CCN(CC1CCCCN1)c1cc2n[nH]c(=O)n2cn1. The first kappa shape index (κ1) is 13.1. The molecule has 1 atom stereocenters. The lowest BCUT2D eigenvalue weighted by Gasteiger charge is -2.30. The average Bonchev–Trinajstić information content (AvgIpc) is 2.87. The minimum Gasteiger partial charge on any atom is -0.355 e. The Bertz CT molecular complexity index is 627. The highest BCUT2D eigenvalue weighted by molar-refractivity contribution is 5.50. The van der Waals surface area contributed by atoms with E-state index in [9.17, 15) is 4.79 Å². The van der Waals surface area contributed by atoms with Crippen LogP contribution in [0.3, 0.4) is 0 Å². The number of aromatic amines is 1. The van der Waals surface area contributed by atoms with Crippen LogP contribution in [-0.4, -0.2) is 45.3 Å². The summed E-state index contributed by atoms with van der Waals surface area (Å²) >= 11 is 0. The van der Waals surface area contributed by atoms with Crippen LogP contribution in [0.1, 0.15) is 26.2 Å². The Morgan fingerprint density at radius 1 is 1.50 bits per heavy atom. The van der Waals surface area contributed by atoms with Crippen LogP contribution in [0.2, 0.25) is 0 Å².